The van der Waals surface area contributed by atoms with Crippen molar-refractivity contribution in [1.82, 2.24) is 4.57 Å². The summed E-state index contributed by atoms with van der Waals surface area (Å²) in [6, 6.07) is 8.76. The summed E-state index contributed by atoms with van der Waals surface area (Å²) in [5.41, 5.74) is 1.57. The van der Waals surface area contributed by atoms with Gasteiger partial charge in [-0.05, 0) is 31.0 Å². The first kappa shape index (κ1) is 21.3. The van der Waals surface area contributed by atoms with Gasteiger partial charge in [-0.3, -0.25) is 14.2 Å². The van der Waals surface area contributed by atoms with E-state index in [0.29, 0.717) is 11.1 Å². The number of ether oxygens (including phenoxy) is 2. The van der Waals surface area contributed by atoms with Crippen LogP contribution in [0.1, 0.15) is 31.2 Å². The van der Waals surface area contributed by atoms with Gasteiger partial charge in [-0.15, -0.1) is 11.3 Å². The predicted molar refractivity (Wildman–Crippen MR) is 113 cm³/mol. The Balaban J connectivity index is 1.98. The van der Waals surface area contributed by atoms with Crippen LogP contribution in [0.25, 0.3) is 10.9 Å². The molecule has 0 atom stereocenters. The van der Waals surface area contributed by atoms with E-state index in [1.165, 1.54) is 24.9 Å². The van der Waals surface area contributed by atoms with Crippen molar-refractivity contribution in [2.24, 2.45) is 0 Å². The summed E-state index contributed by atoms with van der Waals surface area (Å²) < 4.78 is 10.9. The molecule has 0 fully saturated rings. The number of methoxy groups -OCH3 is 2. The van der Waals surface area contributed by atoms with Gasteiger partial charge in [0, 0.05) is 11.5 Å². The largest absolute Gasteiger partial charge is 0.465 e. The van der Waals surface area contributed by atoms with Gasteiger partial charge in [0.25, 0.3) is 5.56 Å². The van der Waals surface area contributed by atoms with Crippen LogP contribution in [0.5, 0.6) is 0 Å². The molecule has 30 heavy (non-hydrogen) atoms. The van der Waals surface area contributed by atoms with Crippen molar-refractivity contribution in [2.45, 2.75) is 20.4 Å². The lowest BCUT2D eigenvalue weighted by molar-refractivity contribution is -0.116. The molecule has 2 aromatic heterocycles. The Morgan fingerprint density at radius 2 is 1.73 bits per heavy atom. The van der Waals surface area contributed by atoms with Gasteiger partial charge in [0.2, 0.25) is 5.91 Å². The minimum absolute atomic E-state index is 0.0809. The molecule has 0 saturated heterocycles. The molecule has 0 spiro atoms. The Bertz CT molecular complexity index is 1220. The van der Waals surface area contributed by atoms with Crippen LogP contribution in [0.3, 0.4) is 0 Å². The van der Waals surface area contributed by atoms with Crippen LogP contribution in [-0.4, -0.2) is 36.6 Å². The second-order valence-corrected chi connectivity index (χ2v) is 7.58. The lowest BCUT2D eigenvalue weighted by Crippen LogP contribution is -2.28. The van der Waals surface area contributed by atoms with Gasteiger partial charge in [-0.1, -0.05) is 18.2 Å². The summed E-state index contributed by atoms with van der Waals surface area (Å²) in [6.07, 6.45) is 0. The number of thiophene rings is 1. The molecular weight excluding hydrogens is 408 g/mol. The summed E-state index contributed by atoms with van der Waals surface area (Å²) in [5.74, 6) is -1.83. The smallest absolute Gasteiger partial charge is 0.348 e. The maximum Gasteiger partial charge on any atom is 0.348 e. The molecule has 3 aromatic rings. The number of anilines is 1. The lowest BCUT2D eigenvalue weighted by atomic mass is 10.1. The van der Waals surface area contributed by atoms with Crippen molar-refractivity contribution in [1.29, 1.82) is 0 Å². The van der Waals surface area contributed by atoms with E-state index in [4.69, 9.17) is 9.47 Å². The first-order valence-corrected chi connectivity index (χ1v) is 9.79. The SMILES string of the molecule is COC(=O)c1sc(NC(=O)Cn2c(=O)cc(C)c3ccccc32)c(C(=O)OC)c1C. The van der Waals surface area contributed by atoms with Gasteiger partial charge in [-0.25, -0.2) is 9.59 Å². The van der Waals surface area contributed by atoms with Gasteiger partial charge in [-0.2, -0.15) is 0 Å². The van der Waals surface area contributed by atoms with Gasteiger partial charge >= 0.3 is 11.9 Å². The highest BCUT2D eigenvalue weighted by Gasteiger charge is 2.27. The maximum absolute atomic E-state index is 12.8. The van der Waals surface area contributed by atoms with Crippen molar-refractivity contribution in [3.05, 3.63) is 62.3 Å². The number of para-hydroxylation sites is 1. The number of nitrogens with zero attached hydrogens (tertiary/aromatic N) is 1. The number of aryl methyl sites for hydroxylation is 1. The van der Waals surface area contributed by atoms with Gasteiger partial charge < -0.3 is 14.8 Å². The second-order valence-electron chi connectivity index (χ2n) is 6.56. The quantitative estimate of drug-likeness (QED) is 0.627. The first-order chi connectivity index (χ1) is 14.3. The van der Waals surface area contributed by atoms with Gasteiger partial charge in [0.1, 0.15) is 16.4 Å². The van der Waals surface area contributed by atoms with Crippen LogP contribution in [0.15, 0.2) is 35.1 Å². The highest BCUT2D eigenvalue weighted by atomic mass is 32.1. The van der Waals surface area contributed by atoms with E-state index in [1.807, 2.05) is 19.1 Å². The monoisotopic (exact) mass is 428 g/mol. The Labute approximate surface area is 176 Å². The summed E-state index contributed by atoms with van der Waals surface area (Å²) in [5, 5.41) is 3.65. The number of hydrogen-bond donors (Lipinski definition) is 1. The van der Waals surface area contributed by atoms with Crippen LogP contribution >= 0.6 is 11.3 Å². The van der Waals surface area contributed by atoms with Gasteiger partial charge in [0.15, 0.2) is 0 Å². The minimum atomic E-state index is -0.688. The number of rotatable bonds is 5. The van der Waals surface area contributed by atoms with Crippen LogP contribution in [0, 0.1) is 13.8 Å². The van der Waals surface area contributed by atoms with Crippen molar-refractivity contribution in [3.63, 3.8) is 0 Å². The Morgan fingerprint density at radius 3 is 2.40 bits per heavy atom. The molecule has 0 bridgehead atoms. The standard InChI is InChI=1S/C21H20N2O6S/c1-11-9-16(25)23(14-8-6-5-7-13(11)14)10-15(24)22-19-17(20(26)28-3)12(2)18(30-19)21(27)29-4/h5-9H,10H2,1-4H3,(H,22,24). The summed E-state index contributed by atoms with van der Waals surface area (Å²) in [7, 11) is 2.44. The number of fused-ring (bicyclic) bond motifs is 1. The van der Waals surface area contributed by atoms with Crippen LogP contribution < -0.4 is 10.9 Å². The first-order valence-electron chi connectivity index (χ1n) is 8.97. The van der Waals surface area contributed by atoms with E-state index >= 15 is 0 Å². The molecule has 2 heterocycles. The number of carbonyl (C=O) groups excluding carboxylic acids is 3. The van der Waals surface area contributed by atoms with E-state index in [0.717, 1.165) is 22.3 Å². The molecule has 0 saturated carbocycles. The highest BCUT2D eigenvalue weighted by molar-refractivity contribution is 7.18. The molecule has 0 aliphatic heterocycles. The van der Waals surface area contributed by atoms with Crippen molar-refractivity contribution in [3.8, 4) is 0 Å². The number of benzene rings is 1. The minimum Gasteiger partial charge on any atom is -0.465 e. The predicted octanol–water partition coefficient (Wildman–Crippen LogP) is 2.89. The molecule has 1 aromatic carbocycles. The number of aromatic nitrogens is 1. The van der Waals surface area contributed by atoms with Crippen molar-refractivity contribution >= 4 is 45.1 Å². The normalized spacial score (nSPS) is 10.7. The topological polar surface area (TPSA) is 104 Å². The van der Waals surface area contributed by atoms with Crippen LogP contribution in [-0.2, 0) is 20.8 Å². The highest BCUT2D eigenvalue weighted by Crippen LogP contribution is 2.34. The molecular formula is C21H20N2O6S. The van der Waals surface area contributed by atoms with E-state index in [1.54, 1.807) is 19.1 Å². The number of nitrogens with one attached hydrogen (secondary N) is 1. The fraction of sp³-hybridized carbons (Fsp3) is 0.238. The molecule has 0 unspecified atom stereocenters. The molecule has 0 aliphatic carbocycles. The molecule has 0 radical (unpaired) electrons. The van der Waals surface area contributed by atoms with E-state index in [2.05, 4.69) is 5.32 Å². The molecule has 0 aliphatic rings. The van der Waals surface area contributed by atoms with Crippen LogP contribution in [0.4, 0.5) is 5.00 Å². The zero-order chi connectivity index (χ0) is 22.0. The Morgan fingerprint density at radius 1 is 1.07 bits per heavy atom. The summed E-state index contributed by atoms with van der Waals surface area (Å²) in [6.45, 7) is 3.15. The molecule has 3 rings (SSSR count). The zero-order valence-electron chi connectivity index (χ0n) is 16.9. The average Bonchev–Trinajstić information content (AvgIpc) is 3.05. The van der Waals surface area contributed by atoms with Crippen LogP contribution in [0.2, 0.25) is 0 Å². The third-order valence-electron chi connectivity index (χ3n) is 4.69. The lowest BCUT2D eigenvalue weighted by Gasteiger charge is -2.12. The summed E-state index contributed by atoms with van der Waals surface area (Å²) >= 11 is 0.917. The Hall–Kier alpha value is -3.46. The molecule has 9 heteroatoms. The van der Waals surface area contributed by atoms with Crippen molar-refractivity contribution in [2.75, 3.05) is 19.5 Å². The zero-order valence-corrected chi connectivity index (χ0v) is 17.7. The molecule has 1 amide bonds. The van der Waals surface area contributed by atoms with E-state index in [-0.39, 0.29) is 27.5 Å². The number of pyridine rings is 1. The molecule has 1 N–H and O–H groups in total. The average molecular weight is 428 g/mol. The second kappa shape index (κ2) is 8.50. The molecule has 8 nitrogen and oxygen atoms in total. The van der Waals surface area contributed by atoms with E-state index < -0.39 is 17.8 Å². The fourth-order valence-corrected chi connectivity index (χ4v) is 4.34. The third-order valence-corrected chi connectivity index (χ3v) is 5.87. The number of esters is 2. The molecule has 156 valence electrons. The number of carbonyl (C=O) groups is 3. The fourth-order valence-electron chi connectivity index (χ4n) is 3.21. The van der Waals surface area contributed by atoms with Crippen molar-refractivity contribution < 1.29 is 23.9 Å². The number of amides is 1. The van der Waals surface area contributed by atoms with Gasteiger partial charge in [0.05, 0.1) is 25.3 Å². The third kappa shape index (κ3) is 3.84. The van der Waals surface area contributed by atoms with E-state index in [9.17, 15) is 19.2 Å². The Kier molecular flexibility index (Phi) is 6.02. The number of hydrogen-bond acceptors (Lipinski definition) is 7. The summed E-state index contributed by atoms with van der Waals surface area (Å²) in [4.78, 5) is 49.6. The maximum atomic E-state index is 12.8.